The smallest absolute Gasteiger partial charge is 0.335 e. The zero-order chi connectivity index (χ0) is 26.7. The van der Waals surface area contributed by atoms with Gasteiger partial charge in [-0.15, -0.1) is 0 Å². The Bertz CT molecular complexity index is 1420. The Kier molecular flexibility index (Phi) is 7.86. The van der Waals surface area contributed by atoms with Gasteiger partial charge in [-0.2, -0.15) is 0 Å². The zero-order valence-corrected chi connectivity index (χ0v) is 21.9. The number of hydrogen-bond acceptors (Lipinski definition) is 5. The van der Waals surface area contributed by atoms with Gasteiger partial charge in [0.05, 0.1) is 17.3 Å². The van der Waals surface area contributed by atoms with Gasteiger partial charge in [-0.3, -0.25) is 14.9 Å². The van der Waals surface area contributed by atoms with Crippen molar-refractivity contribution in [2.24, 2.45) is 0 Å². The van der Waals surface area contributed by atoms with Gasteiger partial charge in [0.1, 0.15) is 12.2 Å². The maximum Gasteiger partial charge on any atom is 0.335 e. The number of halogens is 2. The Morgan fingerprint density at radius 1 is 0.946 bits per heavy atom. The lowest BCUT2D eigenvalue weighted by Crippen LogP contribution is -2.54. The summed E-state index contributed by atoms with van der Waals surface area (Å²) in [5.74, 6) is -0.859. The molecule has 1 aliphatic heterocycles. The minimum Gasteiger partial charge on any atom is -0.490 e. The molecule has 0 aromatic heterocycles. The Hall–Kier alpha value is -3.81. The van der Waals surface area contributed by atoms with Crippen LogP contribution in [0.5, 0.6) is 11.5 Å². The topological polar surface area (TPSA) is 84.9 Å². The Morgan fingerprint density at radius 3 is 2.38 bits per heavy atom. The van der Waals surface area contributed by atoms with Gasteiger partial charge < -0.3 is 9.47 Å². The Morgan fingerprint density at radius 2 is 1.68 bits per heavy atom. The van der Waals surface area contributed by atoms with Gasteiger partial charge in [-0.25, -0.2) is 9.69 Å². The number of amides is 4. The van der Waals surface area contributed by atoms with Gasteiger partial charge in [-0.05, 0) is 79.4 Å². The molecule has 9 heteroatoms. The first-order valence-corrected chi connectivity index (χ1v) is 12.3. The number of nitrogens with one attached hydrogen (secondary N) is 1. The molecule has 0 spiro atoms. The number of hydrogen-bond donors (Lipinski definition) is 1. The van der Waals surface area contributed by atoms with Crippen molar-refractivity contribution in [3.8, 4) is 11.5 Å². The molecule has 1 aliphatic rings. The summed E-state index contributed by atoms with van der Waals surface area (Å²) in [6, 6.07) is 15.0. The standard InChI is InChI=1S/C28H24Cl2N2O5/c1-4-36-24-14-19(13-22(30)25(24)37-15-18-7-9-20(29)10-8-18)12-21-26(33)31-28(35)32(27(21)34)23-11-16(2)5-6-17(23)3/h5-14H,4,15H2,1-3H3,(H,31,33,35)/b21-12+. The molecular formula is C28H24Cl2N2O5. The van der Waals surface area contributed by atoms with Gasteiger partial charge in [0.2, 0.25) is 0 Å². The monoisotopic (exact) mass is 538 g/mol. The molecule has 0 unspecified atom stereocenters. The molecule has 0 bridgehead atoms. The molecule has 4 amide bonds. The second-order valence-electron chi connectivity index (χ2n) is 8.43. The number of carbonyl (C=O) groups is 3. The third-order valence-electron chi connectivity index (χ3n) is 5.65. The molecule has 1 saturated heterocycles. The molecule has 0 aliphatic carbocycles. The number of benzene rings is 3. The van der Waals surface area contributed by atoms with E-state index in [-0.39, 0.29) is 17.2 Å². The first kappa shape index (κ1) is 26.3. The molecule has 1 fully saturated rings. The van der Waals surface area contributed by atoms with Crippen molar-refractivity contribution >= 4 is 52.8 Å². The number of ether oxygens (including phenoxy) is 2. The number of barbiturate groups is 1. The molecule has 1 heterocycles. The summed E-state index contributed by atoms with van der Waals surface area (Å²) >= 11 is 12.5. The SMILES string of the molecule is CCOc1cc(/C=C2\C(=O)NC(=O)N(c3cc(C)ccc3C)C2=O)cc(Cl)c1OCc1ccc(Cl)cc1. The highest BCUT2D eigenvalue weighted by atomic mass is 35.5. The van der Waals surface area contributed by atoms with Crippen molar-refractivity contribution in [1.82, 2.24) is 5.32 Å². The van der Waals surface area contributed by atoms with Crippen molar-refractivity contribution in [3.05, 3.63) is 92.5 Å². The molecule has 0 radical (unpaired) electrons. The summed E-state index contributed by atoms with van der Waals surface area (Å²) in [7, 11) is 0. The van der Waals surface area contributed by atoms with Crippen LogP contribution < -0.4 is 19.7 Å². The third kappa shape index (κ3) is 5.79. The van der Waals surface area contributed by atoms with E-state index in [2.05, 4.69) is 5.32 Å². The summed E-state index contributed by atoms with van der Waals surface area (Å²) in [5.41, 5.74) is 3.09. The van der Waals surface area contributed by atoms with E-state index in [1.54, 1.807) is 37.3 Å². The van der Waals surface area contributed by atoms with E-state index in [9.17, 15) is 14.4 Å². The number of aryl methyl sites for hydroxylation is 2. The number of anilines is 1. The van der Waals surface area contributed by atoms with E-state index in [1.807, 2.05) is 38.1 Å². The second-order valence-corrected chi connectivity index (χ2v) is 9.27. The first-order valence-electron chi connectivity index (χ1n) is 11.5. The van der Waals surface area contributed by atoms with Crippen LogP contribution in [0.25, 0.3) is 6.08 Å². The third-order valence-corrected chi connectivity index (χ3v) is 6.18. The Balaban J connectivity index is 1.67. The van der Waals surface area contributed by atoms with E-state index >= 15 is 0 Å². The van der Waals surface area contributed by atoms with E-state index < -0.39 is 17.8 Å². The predicted octanol–water partition coefficient (Wildman–Crippen LogP) is 6.25. The number of urea groups is 1. The molecule has 7 nitrogen and oxygen atoms in total. The van der Waals surface area contributed by atoms with Gasteiger partial charge >= 0.3 is 6.03 Å². The van der Waals surface area contributed by atoms with Crippen LogP contribution in [0.3, 0.4) is 0 Å². The average molecular weight is 539 g/mol. The summed E-state index contributed by atoms with van der Waals surface area (Å²) in [6.45, 7) is 6.01. The van der Waals surface area contributed by atoms with Crippen LogP contribution in [0, 0.1) is 13.8 Å². The van der Waals surface area contributed by atoms with Crippen LogP contribution in [-0.2, 0) is 16.2 Å². The van der Waals surface area contributed by atoms with Crippen molar-refractivity contribution in [2.45, 2.75) is 27.4 Å². The maximum atomic E-state index is 13.3. The summed E-state index contributed by atoms with van der Waals surface area (Å²) in [6.07, 6.45) is 1.37. The summed E-state index contributed by atoms with van der Waals surface area (Å²) in [4.78, 5) is 39.6. The fourth-order valence-corrected chi connectivity index (χ4v) is 4.21. The molecule has 190 valence electrons. The number of rotatable bonds is 7. The second kappa shape index (κ2) is 11.1. The van der Waals surface area contributed by atoms with Crippen molar-refractivity contribution in [2.75, 3.05) is 11.5 Å². The maximum absolute atomic E-state index is 13.3. The lowest BCUT2D eigenvalue weighted by atomic mass is 10.0. The lowest BCUT2D eigenvalue weighted by molar-refractivity contribution is -0.122. The van der Waals surface area contributed by atoms with Crippen LogP contribution in [0.4, 0.5) is 10.5 Å². The fraction of sp³-hybridized carbons (Fsp3) is 0.179. The largest absolute Gasteiger partial charge is 0.490 e. The number of carbonyl (C=O) groups excluding carboxylic acids is 3. The van der Waals surface area contributed by atoms with Gasteiger partial charge in [0.15, 0.2) is 11.5 Å². The zero-order valence-electron chi connectivity index (χ0n) is 20.4. The number of nitrogens with zero attached hydrogens (tertiary/aromatic N) is 1. The van der Waals surface area contributed by atoms with Crippen LogP contribution in [0.15, 0.2) is 60.2 Å². The molecule has 3 aromatic rings. The van der Waals surface area contributed by atoms with Crippen molar-refractivity contribution in [1.29, 1.82) is 0 Å². The van der Waals surface area contributed by atoms with Crippen LogP contribution >= 0.6 is 23.2 Å². The highest BCUT2D eigenvalue weighted by Crippen LogP contribution is 2.38. The molecule has 1 N–H and O–H groups in total. The Labute approximate surface area is 224 Å². The minimum atomic E-state index is -0.806. The molecule has 4 rings (SSSR count). The van der Waals surface area contributed by atoms with Crippen LogP contribution in [0.1, 0.15) is 29.2 Å². The van der Waals surface area contributed by atoms with E-state index in [0.29, 0.717) is 39.9 Å². The van der Waals surface area contributed by atoms with Gasteiger partial charge in [0, 0.05) is 5.02 Å². The van der Waals surface area contributed by atoms with Gasteiger partial charge in [0.25, 0.3) is 11.8 Å². The first-order chi connectivity index (χ1) is 17.7. The van der Waals surface area contributed by atoms with Crippen molar-refractivity contribution < 1.29 is 23.9 Å². The van der Waals surface area contributed by atoms with E-state index in [1.165, 1.54) is 6.08 Å². The fourth-order valence-electron chi connectivity index (χ4n) is 3.81. The van der Waals surface area contributed by atoms with E-state index in [4.69, 9.17) is 32.7 Å². The normalized spacial score (nSPS) is 14.7. The van der Waals surface area contributed by atoms with E-state index in [0.717, 1.165) is 16.0 Å². The highest BCUT2D eigenvalue weighted by Gasteiger charge is 2.37. The quantitative estimate of drug-likeness (QED) is 0.283. The van der Waals surface area contributed by atoms with Gasteiger partial charge in [-0.1, -0.05) is 47.5 Å². The average Bonchev–Trinajstić information content (AvgIpc) is 2.84. The molecule has 37 heavy (non-hydrogen) atoms. The highest BCUT2D eigenvalue weighted by molar-refractivity contribution is 6.39. The van der Waals surface area contributed by atoms with Crippen molar-refractivity contribution in [3.63, 3.8) is 0 Å². The van der Waals surface area contributed by atoms with Crippen LogP contribution in [-0.4, -0.2) is 24.5 Å². The number of imide groups is 2. The molecule has 3 aromatic carbocycles. The lowest BCUT2D eigenvalue weighted by Gasteiger charge is -2.28. The van der Waals surface area contributed by atoms with Crippen LogP contribution in [0.2, 0.25) is 10.0 Å². The molecular weight excluding hydrogens is 515 g/mol. The summed E-state index contributed by atoms with van der Waals surface area (Å²) < 4.78 is 11.7. The predicted molar refractivity (Wildman–Crippen MR) is 143 cm³/mol. The molecule has 0 saturated carbocycles. The summed E-state index contributed by atoms with van der Waals surface area (Å²) in [5, 5.41) is 3.10. The minimum absolute atomic E-state index is 0.214. The molecule has 0 atom stereocenters.